The number of halogens is 1. The molecule has 1 fully saturated rings. The van der Waals surface area contributed by atoms with Crippen LogP contribution in [0.2, 0.25) is 0 Å². The molecule has 1 atom stereocenters. The molecule has 4 nitrogen and oxygen atoms in total. The maximum atomic E-state index is 11.4. The lowest BCUT2D eigenvalue weighted by Crippen LogP contribution is -2.29. The molecule has 1 aliphatic rings. The molecule has 0 aromatic heterocycles. The van der Waals surface area contributed by atoms with Gasteiger partial charge in [0, 0.05) is 17.1 Å². The second-order valence-corrected chi connectivity index (χ2v) is 7.52. The number of rotatable bonds is 4. The van der Waals surface area contributed by atoms with Gasteiger partial charge in [0.2, 0.25) is 0 Å². The van der Waals surface area contributed by atoms with E-state index in [2.05, 4.69) is 21.2 Å². The van der Waals surface area contributed by atoms with Crippen LogP contribution < -0.4 is 10.1 Å². The standard InChI is InChI=1S/C12H16BrNO3S/c1-17-11-2-3-12(13)9(6-11)7-14-10-4-5-18(15,16)8-10/h2-3,6,10,14H,4-5,7-8H2,1H3. The van der Waals surface area contributed by atoms with Gasteiger partial charge < -0.3 is 10.1 Å². The maximum Gasteiger partial charge on any atom is 0.151 e. The number of hydrogen-bond donors (Lipinski definition) is 1. The van der Waals surface area contributed by atoms with Crippen LogP contribution in [-0.2, 0) is 16.4 Å². The van der Waals surface area contributed by atoms with Gasteiger partial charge in [0.05, 0.1) is 18.6 Å². The fraction of sp³-hybridized carbons (Fsp3) is 0.500. The zero-order valence-corrected chi connectivity index (χ0v) is 12.6. The van der Waals surface area contributed by atoms with Gasteiger partial charge >= 0.3 is 0 Å². The molecule has 1 saturated heterocycles. The van der Waals surface area contributed by atoms with E-state index in [1.165, 1.54) is 0 Å². The molecular weight excluding hydrogens is 318 g/mol. The Morgan fingerprint density at radius 3 is 2.89 bits per heavy atom. The molecule has 1 aromatic carbocycles. The first-order valence-corrected chi connectivity index (χ1v) is 8.38. The van der Waals surface area contributed by atoms with Crippen molar-refractivity contribution >= 4 is 25.8 Å². The predicted octanol–water partition coefficient (Wildman–Crippen LogP) is 1.73. The SMILES string of the molecule is COc1ccc(Br)c(CNC2CCS(=O)(=O)C2)c1. The Hall–Kier alpha value is -0.590. The molecule has 6 heteroatoms. The normalized spacial score (nSPS) is 22.0. The van der Waals surface area contributed by atoms with Crippen molar-refractivity contribution in [3.05, 3.63) is 28.2 Å². The fourth-order valence-corrected chi connectivity index (χ4v) is 4.12. The van der Waals surface area contributed by atoms with Crippen LogP contribution in [0.15, 0.2) is 22.7 Å². The van der Waals surface area contributed by atoms with E-state index in [1.807, 2.05) is 18.2 Å². The molecule has 18 heavy (non-hydrogen) atoms. The van der Waals surface area contributed by atoms with Crippen LogP contribution in [0.5, 0.6) is 5.75 Å². The summed E-state index contributed by atoms with van der Waals surface area (Å²) in [4.78, 5) is 0. The molecular formula is C12H16BrNO3S. The van der Waals surface area contributed by atoms with Crippen molar-refractivity contribution in [2.24, 2.45) is 0 Å². The third-order valence-electron chi connectivity index (χ3n) is 3.07. The van der Waals surface area contributed by atoms with E-state index in [0.29, 0.717) is 18.7 Å². The Kier molecular flexibility index (Phi) is 4.29. The van der Waals surface area contributed by atoms with Crippen molar-refractivity contribution in [1.82, 2.24) is 5.32 Å². The van der Waals surface area contributed by atoms with Gasteiger partial charge in [0.15, 0.2) is 9.84 Å². The predicted molar refractivity (Wildman–Crippen MR) is 74.6 cm³/mol. The minimum atomic E-state index is -2.82. The van der Waals surface area contributed by atoms with Gasteiger partial charge in [-0.15, -0.1) is 0 Å². The summed E-state index contributed by atoms with van der Waals surface area (Å²) < 4.78 is 28.9. The quantitative estimate of drug-likeness (QED) is 0.911. The molecule has 0 saturated carbocycles. The van der Waals surface area contributed by atoms with Gasteiger partial charge in [0.1, 0.15) is 5.75 Å². The molecule has 0 amide bonds. The lowest BCUT2D eigenvalue weighted by Gasteiger charge is -2.12. The zero-order valence-electron chi connectivity index (χ0n) is 10.1. The van der Waals surface area contributed by atoms with E-state index in [4.69, 9.17) is 4.74 Å². The Balaban J connectivity index is 1.98. The van der Waals surface area contributed by atoms with Gasteiger partial charge in [-0.3, -0.25) is 0 Å². The van der Waals surface area contributed by atoms with E-state index >= 15 is 0 Å². The lowest BCUT2D eigenvalue weighted by molar-refractivity contribution is 0.413. The van der Waals surface area contributed by atoms with E-state index < -0.39 is 9.84 Å². The summed E-state index contributed by atoms with van der Waals surface area (Å²) in [7, 11) is -1.19. The van der Waals surface area contributed by atoms with Gasteiger partial charge in [-0.2, -0.15) is 0 Å². The number of nitrogens with one attached hydrogen (secondary N) is 1. The average Bonchev–Trinajstić information content (AvgIpc) is 2.68. The molecule has 1 N–H and O–H groups in total. The Bertz CT molecular complexity index is 530. The highest BCUT2D eigenvalue weighted by Crippen LogP contribution is 2.23. The summed E-state index contributed by atoms with van der Waals surface area (Å²) in [6, 6.07) is 5.82. The van der Waals surface area contributed by atoms with Crippen molar-refractivity contribution < 1.29 is 13.2 Å². The van der Waals surface area contributed by atoms with Crippen LogP contribution in [0.3, 0.4) is 0 Å². The number of ether oxygens (including phenoxy) is 1. The highest BCUT2D eigenvalue weighted by molar-refractivity contribution is 9.10. The van der Waals surface area contributed by atoms with Crippen molar-refractivity contribution in [2.45, 2.75) is 19.0 Å². The Morgan fingerprint density at radius 1 is 1.50 bits per heavy atom. The molecule has 0 bridgehead atoms. The van der Waals surface area contributed by atoms with Crippen LogP contribution in [0.1, 0.15) is 12.0 Å². The highest BCUT2D eigenvalue weighted by Gasteiger charge is 2.27. The highest BCUT2D eigenvalue weighted by atomic mass is 79.9. The summed E-state index contributed by atoms with van der Waals surface area (Å²) in [6.07, 6.45) is 0.698. The summed E-state index contributed by atoms with van der Waals surface area (Å²) in [5.74, 6) is 1.34. The summed E-state index contributed by atoms with van der Waals surface area (Å²) >= 11 is 3.48. The molecule has 1 unspecified atom stereocenters. The van der Waals surface area contributed by atoms with Gasteiger partial charge in [-0.05, 0) is 30.2 Å². The summed E-state index contributed by atoms with van der Waals surface area (Å²) in [6.45, 7) is 0.637. The van der Waals surface area contributed by atoms with Gasteiger partial charge in [0.25, 0.3) is 0 Å². The van der Waals surface area contributed by atoms with Crippen LogP contribution in [-0.4, -0.2) is 33.1 Å². The second kappa shape index (κ2) is 5.59. The van der Waals surface area contributed by atoms with Gasteiger partial charge in [-0.25, -0.2) is 8.42 Å². The van der Waals surface area contributed by atoms with E-state index in [1.54, 1.807) is 7.11 Å². The number of methoxy groups -OCH3 is 1. The molecule has 100 valence electrons. The van der Waals surface area contributed by atoms with Gasteiger partial charge in [-0.1, -0.05) is 15.9 Å². The third-order valence-corrected chi connectivity index (χ3v) is 5.61. The molecule has 0 radical (unpaired) electrons. The topological polar surface area (TPSA) is 55.4 Å². The lowest BCUT2D eigenvalue weighted by atomic mass is 10.2. The number of hydrogen-bond acceptors (Lipinski definition) is 4. The zero-order chi connectivity index (χ0) is 13.2. The number of benzene rings is 1. The first-order chi connectivity index (χ1) is 8.50. The molecule has 1 aromatic rings. The largest absolute Gasteiger partial charge is 0.497 e. The minimum absolute atomic E-state index is 0.0631. The average molecular weight is 334 g/mol. The number of sulfone groups is 1. The van der Waals surface area contributed by atoms with Crippen LogP contribution in [0.25, 0.3) is 0 Å². The Labute approximate surface area is 116 Å². The first-order valence-electron chi connectivity index (χ1n) is 5.76. The second-order valence-electron chi connectivity index (χ2n) is 4.44. The van der Waals surface area contributed by atoms with Crippen molar-refractivity contribution in [2.75, 3.05) is 18.6 Å². The van der Waals surface area contributed by atoms with Crippen LogP contribution in [0, 0.1) is 0 Å². The van der Waals surface area contributed by atoms with Crippen molar-refractivity contribution in [3.8, 4) is 5.75 Å². The van der Waals surface area contributed by atoms with Crippen LogP contribution in [0.4, 0.5) is 0 Å². The maximum absolute atomic E-state index is 11.4. The monoisotopic (exact) mass is 333 g/mol. The van der Waals surface area contributed by atoms with Crippen molar-refractivity contribution in [3.63, 3.8) is 0 Å². The molecule has 0 spiro atoms. The minimum Gasteiger partial charge on any atom is -0.497 e. The van der Waals surface area contributed by atoms with Crippen molar-refractivity contribution in [1.29, 1.82) is 0 Å². The van der Waals surface area contributed by atoms with Crippen LogP contribution >= 0.6 is 15.9 Å². The van der Waals surface area contributed by atoms with E-state index in [-0.39, 0.29) is 11.8 Å². The molecule has 0 aliphatic carbocycles. The third kappa shape index (κ3) is 3.46. The molecule has 2 rings (SSSR count). The fourth-order valence-electron chi connectivity index (χ4n) is 2.02. The van der Waals surface area contributed by atoms with E-state index in [9.17, 15) is 8.42 Å². The molecule has 1 aliphatic heterocycles. The first kappa shape index (κ1) is 13.8. The smallest absolute Gasteiger partial charge is 0.151 e. The summed E-state index contributed by atoms with van der Waals surface area (Å²) in [5.41, 5.74) is 1.07. The Morgan fingerprint density at radius 2 is 2.28 bits per heavy atom. The van der Waals surface area contributed by atoms with E-state index in [0.717, 1.165) is 15.8 Å². The molecule has 1 heterocycles. The summed E-state index contributed by atoms with van der Waals surface area (Å²) in [5, 5.41) is 3.28.